The Hall–Kier alpha value is -1.56. The molecule has 0 heteroatoms. The van der Waals surface area contributed by atoms with Crippen molar-refractivity contribution in [3.8, 4) is 0 Å². The topological polar surface area (TPSA) is 0 Å². The quantitative estimate of drug-likeness (QED) is 0.692. The molecule has 0 saturated heterocycles. The number of hydrogen-bond donors (Lipinski definition) is 0. The summed E-state index contributed by atoms with van der Waals surface area (Å²) in [5.41, 5.74) is 4.20. The summed E-state index contributed by atoms with van der Waals surface area (Å²) in [6.45, 7) is 6.75. The first kappa shape index (κ1) is 10.9. The molecule has 0 saturated carbocycles. The van der Waals surface area contributed by atoms with Crippen molar-refractivity contribution in [1.82, 2.24) is 0 Å². The zero-order valence-electron chi connectivity index (χ0n) is 10.2. The highest BCUT2D eigenvalue weighted by atomic mass is 14.3. The Bertz CT molecular complexity index is 466. The third kappa shape index (κ3) is 1.88. The van der Waals surface area contributed by atoms with Crippen LogP contribution in [-0.2, 0) is 5.41 Å². The van der Waals surface area contributed by atoms with E-state index >= 15 is 0 Å². The minimum atomic E-state index is 0.0760. The summed E-state index contributed by atoms with van der Waals surface area (Å²) >= 11 is 0. The van der Waals surface area contributed by atoms with Crippen LogP contribution >= 0.6 is 0 Å². The van der Waals surface area contributed by atoms with Crippen LogP contribution in [0.5, 0.6) is 0 Å². The van der Waals surface area contributed by atoms with Crippen molar-refractivity contribution in [1.29, 1.82) is 0 Å². The van der Waals surface area contributed by atoms with E-state index < -0.39 is 0 Å². The molecule has 2 aromatic rings. The zero-order chi connectivity index (χ0) is 11.6. The van der Waals surface area contributed by atoms with Crippen LogP contribution in [0.2, 0.25) is 0 Å². The van der Waals surface area contributed by atoms with E-state index in [0.717, 1.165) is 0 Å². The fraction of sp³-hybridized carbons (Fsp3) is 0.250. The molecule has 2 rings (SSSR count). The Balaban J connectivity index is 2.51. The summed E-state index contributed by atoms with van der Waals surface area (Å²) in [4.78, 5) is 0. The summed E-state index contributed by atoms with van der Waals surface area (Å²) in [6.07, 6.45) is 0. The van der Waals surface area contributed by atoms with Crippen molar-refractivity contribution >= 4 is 0 Å². The lowest BCUT2D eigenvalue weighted by Crippen LogP contribution is -2.19. The van der Waals surface area contributed by atoms with E-state index in [1.807, 2.05) is 0 Å². The summed E-state index contributed by atoms with van der Waals surface area (Å²) in [6, 6.07) is 19.3. The first-order chi connectivity index (χ1) is 7.62. The molecule has 0 heterocycles. The molecule has 0 unspecified atom stereocenters. The molecule has 0 radical (unpaired) electrons. The highest BCUT2D eigenvalue weighted by Crippen LogP contribution is 2.32. The van der Waals surface area contributed by atoms with Gasteiger partial charge in [0.1, 0.15) is 0 Å². The fourth-order valence-electron chi connectivity index (χ4n) is 2.28. The molecule has 0 bridgehead atoms. The maximum Gasteiger partial charge on any atom is 0.0149 e. The van der Waals surface area contributed by atoms with E-state index in [1.165, 1.54) is 16.7 Å². The van der Waals surface area contributed by atoms with Gasteiger partial charge in [-0.3, -0.25) is 0 Å². The normalized spacial score (nSPS) is 11.4. The van der Waals surface area contributed by atoms with Crippen LogP contribution in [0.1, 0.15) is 30.5 Å². The van der Waals surface area contributed by atoms with Gasteiger partial charge in [-0.05, 0) is 23.6 Å². The molecule has 16 heavy (non-hydrogen) atoms. The third-order valence-electron chi connectivity index (χ3n) is 3.31. The molecule has 0 aliphatic heterocycles. The summed E-state index contributed by atoms with van der Waals surface area (Å²) in [7, 11) is 0. The van der Waals surface area contributed by atoms with E-state index in [9.17, 15) is 0 Å². The van der Waals surface area contributed by atoms with E-state index in [0.29, 0.717) is 0 Å². The van der Waals surface area contributed by atoms with Crippen molar-refractivity contribution in [3.05, 3.63) is 71.3 Å². The van der Waals surface area contributed by atoms with Crippen LogP contribution in [0.4, 0.5) is 0 Å². The van der Waals surface area contributed by atoms with Gasteiger partial charge in [-0.15, -0.1) is 0 Å². The molecule has 0 atom stereocenters. The van der Waals surface area contributed by atoms with Crippen molar-refractivity contribution < 1.29 is 0 Å². The molecule has 0 aliphatic rings. The van der Waals surface area contributed by atoms with Gasteiger partial charge in [-0.2, -0.15) is 0 Å². The number of aryl methyl sites for hydroxylation is 1. The maximum absolute atomic E-state index is 2.28. The van der Waals surface area contributed by atoms with Gasteiger partial charge in [0.05, 0.1) is 0 Å². The molecule has 0 amide bonds. The predicted octanol–water partition coefficient (Wildman–Crippen LogP) is 4.32. The minimum Gasteiger partial charge on any atom is -0.0622 e. The van der Waals surface area contributed by atoms with Crippen molar-refractivity contribution in [3.63, 3.8) is 0 Å². The van der Waals surface area contributed by atoms with E-state index in [-0.39, 0.29) is 5.41 Å². The lowest BCUT2D eigenvalue weighted by molar-refractivity contribution is 0.636. The molecule has 0 spiro atoms. The van der Waals surface area contributed by atoms with Crippen LogP contribution in [0.15, 0.2) is 54.6 Å². The smallest absolute Gasteiger partial charge is 0.0149 e. The Labute approximate surface area is 97.9 Å². The highest BCUT2D eigenvalue weighted by Gasteiger charge is 2.23. The predicted molar refractivity (Wildman–Crippen MR) is 69.7 cm³/mol. The van der Waals surface area contributed by atoms with E-state index in [1.54, 1.807) is 0 Å². The molecule has 0 nitrogen and oxygen atoms in total. The molecular weight excluding hydrogens is 192 g/mol. The van der Waals surface area contributed by atoms with Crippen LogP contribution in [0.3, 0.4) is 0 Å². The second kappa shape index (κ2) is 4.13. The van der Waals surface area contributed by atoms with Gasteiger partial charge in [-0.1, -0.05) is 68.4 Å². The van der Waals surface area contributed by atoms with Crippen molar-refractivity contribution in [2.45, 2.75) is 26.2 Å². The first-order valence-corrected chi connectivity index (χ1v) is 5.74. The van der Waals surface area contributed by atoms with Crippen LogP contribution in [0, 0.1) is 6.92 Å². The Kier molecular flexibility index (Phi) is 2.82. The van der Waals surface area contributed by atoms with Gasteiger partial charge < -0.3 is 0 Å². The van der Waals surface area contributed by atoms with E-state index in [4.69, 9.17) is 0 Å². The molecule has 2 aromatic carbocycles. The molecule has 0 aromatic heterocycles. The second-order valence-corrected chi connectivity index (χ2v) is 4.81. The average molecular weight is 210 g/mol. The third-order valence-corrected chi connectivity index (χ3v) is 3.31. The van der Waals surface area contributed by atoms with Gasteiger partial charge in [0.15, 0.2) is 0 Å². The lowest BCUT2D eigenvalue weighted by Gasteiger charge is -2.27. The fourth-order valence-corrected chi connectivity index (χ4v) is 2.28. The average Bonchev–Trinajstić information content (AvgIpc) is 2.30. The van der Waals surface area contributed by atoms with Crippen molar-refractivity contribution in [2.75, 3.05) is 0 Å². The van der Waals surface area contributed by atoms with Gasteiger partial charge in [0.2, 0.25) is 0 Å². The molecule has 0 aliphatic carbocycles. The van der Waals surface area contributed by atoms with Crippen LogP contribution in [0.25, 0.3) is 0 Å². The van der Waals surface area contributed by atoms with Gasteiger partial charge in [0, 0.05) is 5.41 Å². The van der Waals surface area contributed by atoms with Gasteiger partial charge in [-0.25, -0.2) is 0 Å². The lowest BCUT2D eigenvalue weighted by atomic mass is 9.76. The highest BCUT2D eigenvalue weighted by molar-refractivity contribution is 5.41. The van der Waals surface area contributed by atoms with Gasteiger partial charge >= 0.3 is 0 Å². The monoisotopic (exact) mass is 210 g/mol. The Morgan fingerprint density at radius 1 is 0.750 bits per heavy atom. The molecular formula is C16H18. The molecule has 0 N–H and O–H groups in total. The first-order valence-electron chi connectivity index (χ1n) is 5.74. The SMILES string of the molecule is Cc1ccccc1C(C)(C)c1ccccc1. The number of benzene rings is 2. The Morgan fingerprint density at radius 2 is 1.31 bits per heavy atom. The van der Waals surface area contributed by atoms with Gasteiger partial charge in [0.25, 0.3) is 0 Å². The summed E-state index contributed by atoms with van der Waals surface area (Å²) < 4.78 is 0. The maximum atomic E-state index is 2.28. The number of hydrogen-bond acceptors (Lipinski definition) is 0. The summed E-state index contributed by atoms with van der Waals surface area (Å²) in [5.74, 6) is 0. The van der Waals surface area contributed by atoms with E-state index in [2.05, 4.69) is 75.4 Å². The largest absolute Gasteiger partial charge is 0.0622 e. The van der Waals surface area contributed by atoms with Crippen molar-refractivity contribution in [2.24, 2.45) is 0 Å². The minimum absolute atomic E-state index is 0.0760. The standard InChI is InChI=1S/C16H18/c1-13-9-7-8-12-15(13)16(2,3)14-10-5-4-6-11-14/h4-12H,1-3H3. The van der Waals surface area contributed by atoms with Crippen LogP contribution < -0.4 is 0 Å². The Morgan fingerprint density at radius 3 is 1.94 bits per heavy atom. The number of rotatable bonds is 2. The van der Waals surface area contributed by atoms with Crippen LogP contribution in [-0.4, -0.2) is 0 Å². The molecule has 0 fully saturated rings. The summed E-state index contributed by atoms with van der Waals surface area (Å²) in [5, 5.41) is 0. The zero-order valence-corrected chi connectivity index (χ0v) is 10.2. The molecule has 82 valence electrons. The second-order valence-electron chi connectivity index (χ2n) is 4.81.